The third-order valence-corrected chi connectivity index (χ3v) is 11.1. The summed E-state index contributed by atoms with van der Waals surface area (Å²) in [4.78, 5) is 57.9. The van der Waals surface area contributed by atoms with Crippen LogP contribution in [0.1, 0.15) is 83.7 Å². The monoisotopic (exact) mass is 793 g/mol. The third-order valence-electron chi connectivity index (χ3n) is 11.1. The second kappa shape index (κ2) is 16.7. The number of benzene rings is 3. The summed E-state index contributed by atoms with van der Waals surface area (Å²) < 4.78 is 16.7. The van der Waals surface area contributed by atoms with Crippen molar-refractivity contribution in [3.63, 3.8) is 0 Å². The number of carbonyl (C=O) groups is 3. The molecule has 0 radical (unpaired) electrons. The fourth-order valence-electron chi connectivity index (χ4n) is 8.46. The van der Waals surface area contributed by atoms with Crippen molar-refractivity contribution in [1.29, 1.82) is 0 Å². The normalized spacial score (nSPS) is 20.4. The average Bonchev–Trinajstić information content (AvgIpc) is 4.01. The van der Waals surface area contributed by atoms with Gasteiger partial charge in [-0.15, -0.1) is 0 Å². The Morgan fingerprint density at radius 1 is 0.948 bits per heavy atom. The number of fused-ring (bicyclic) bond motifs is 6. The number of rotatable bonds is 8. The van der Waals surface area contributed by atoms with Crippen LogP contribution in [0.3, 0.4) is 0 Å². The van der Waals surface area contributed by atoms with Crippen molar-refractivity contribution in [2.75, 3.05) is 33.9 Å². The number of nitrogens with one attached hydrogen (secondary N) is 3. The second-order valence-corrected chi connectivity index (χ2v) is 16.9. The molecule has 0 bridgehead atoms. The summed E-state index contributed by atoms with van der Waals surface area (Å²) >= 11 is 0. The molecule has 5 heterocycles. The Balaban J connectivity index is 0.00000122. The first-order valence-electron chi connectivity index (χ1n) is 20.2. The largest absolute Gasteiger partial charge is 0.488 e. The van der Waals surface area contributed by atoms with E-state index in [0.29, 0.717) is 44.4 Å². The lowest BCUT2D eigenvalue weighted by atomic mass is 9.92. The number of methoxy groups -OCH3 is 2. The molecule has 2 fully saturated rings. The SMILES string of the molecule is CC(C)C.COC[C@H]1C[C@@H](c2nc3c(ccc4cc5c(cc43)OCc3cc(-c4cnc([C@@H]6C[C@H](C)CN6C(=O)O)[nH]4)ccc3-5)[nH]2)N(C(=O)[C@@H](NC(=O)OC)C(C)C)C1. The van der Waals surface area contributed by atoms with Crippen molar-refractivity contribution in [2.24, 2.45) is 23.7 Å². The molecule has 4 N–H and O–H groups in total. The van der Waals surface area contributed by atoms with Gasteiger partial charge >= 0.3 is 12.2 Å². The molecule has 3 aromatic carbocycles. The molecule has 58 heavy (non-hydrogen) atoms. The van der Waals surface area contributed by atoms with Crippen LogP contribution in [0.15, 0.2) is 48.7 Å². The number of carbonyl (C=O) groups excluding carboxylic acids is 2. The van der Waals surface area contributed by atoms with E-state index in [9.17, 15) is 19.5 Å². The first kappa shape index (κ1) is 40.6. The second-order valence-electron chi connectivity index (χ2n) is 16.9. The molecule has 2 aromatic heterocycles. The first-order valence-corrected chi connectivity index (χ1v) is 20.2. The lowest BCUT2D eigenvalue weighted by Crippen LogP contribution is -2.51. The van der Waals surface area contributed by atoms with E-state index in [0.717, 1.165) is 67.8 Å². The highest BCUT2D eigenvalue weighted by Crippen LogP contribution is 2.44. The predicted octanol–water partition coefficient (Wildman–Crippen LogP) is 8.31. The highest BCUT2D eigenvalue weighted by molar-refractivity contribution is 6.07. The molecule has 0 unspecified atom stereocenters. The number of nitrogens with zero attached hydrogens (tertiary/aromatic N) is 4. The summed E-state index contributed by atoms with van der Waals surface area (Å²) in [6.07, 6.45) is 1.60. The van der Waals surface area contributed by atoms with Crippen molar-refractivity contribution in [3.8, 4) is 28.1 Å². The highest BCUT2D eigenvalue weighted by atomic mass is 16.5. The van der Waals surface area contributed by atoms with Gasteiger partial charge in [0.1, 0.15) is 30.0 Å². The van der Waals surface area contributed by atoms with Crippen LogP contribution in [-0.2, 0) is 20.9 Å². The maximum absolute atomic E-state index is 14.0. The molecule has 3 aliphatic rings. The van der Waals surface area contributed by atoms with Crippen molar-refractivity contribution >= 4 is 39.9 Å². The predicted molar refractivity (Wildman–Crippen MR) is 221 cm³/mol. The average molecular weight is 794 g/mol. The summed E-state index contributed by atoms with van der Waals surface area (Å²) in [5.74, 6) is 2.97. The van der Waals surface area contributed by atoms with E-state index >= 15 is 0 Å². The Hall–Kier alpha value is -5.63. The Morgan fingerprint density at radius 2 is 1.71 bits per heavy atom. The maximum atomic E-state index is 14.0. The van der Waals surface area contributed by atoms with Gasteiger partial charge in [-0.05, 0) is 76.9 Å². The van der Waals surface area contributed by atoms with Crippen LogP contribution in [0.25, 0.3) is 44.2 Å². The fraction of sp³-hybridized carbons (Fsp3) is 0.477. The molecule has 2 saturated heterocycles. The number of amides is 3. The summed E-state index contributed by atoms with van der Waals surface area (Å²) in [5, 5.41) is 14.4. The van der Waals surface area contributed by atoms with Gasteiger partial charge in [0.2, 0.25) is 5.91 Å². The number of hydrogen-bond donors (Lipinski definition) is 4. The van der Waals surface area contributed by atoms with Gasteiger partial charge in [-0.3, -0.25) is 9.69 Å². The molecule has 5 aromatic rings. The Bertz CT molecular complexity index is 2310. The number of carboxylic acid groups (broad SMARTS) is 1. The van der Waals surface area contributed by atoms with Gasteiger partial charge in [0.25, 0.3) is 0 Å². The zero-order valence-corrected chi connectivity index (χ0v) is 34.6. The topological polar surface area (TPSA) is 175 Å². The number of likely N-dealkylation sites (tertiary alicyclic amines) is 2. The number of H-pyrrole nitrogens is 2. The summed E-state index contributed by atoms with van der Waals surface area (Å²) in [5.41, 5.74) is 6.53. The fourth-order valence-corrected chi connectivity index (χ4v) is 8.46. The number of aromatic amines is 2. The lowest BCUT2D eigenvalue weighted by Gasteiger charge is -2.30. The van der Waals surface area contributed by atoms with Crippen LogP contribution < -0.4 is 10.1 Å². The molecule has 3 aliphatic heterocycles. The van der Waals surface area contributed by atoms with Gasteiger partial charge in [0.05, 0.1) is 48.7 Å². The Labute approximate surface area is 338 Å². The number of aromatic nitrogens is 4. The summed E-state index contributed by atoms with van der Waals surface area (Å²) in [6, 6.07) is 13.2. The standard InChI is InChI=1S/C40H45N7O7.C4H10/c1-20(2)34(45-39(49)53-5)38(48)46-17-22(18-52-4)11-32(46)37-42-29-9-7-23-13-28-26-8-6-24(12-25(26)19-54-33(28)14-27(23)35(29)44-37)30-15-41-36(43-30)31-10-21(3)16-47(31)40(50)51;1-4(2)3/h6-9,12-15,20-22,31-32,34H,10-11,16-19H2,1-5H3,(H,41,43)(H,42,44)(H,45,49)(H,50,51);4H,1-3H3/t21-,22-,31-,32-,34-;/m0./s1. The van der Waals surface area contributed by atoms with Gasteiger partial charge in [-0.25, -0.2) is 19.6 Å². The smallest absolute Gasteiger partial charge is 0.407 e. The van der Waals surface area contributed by atoms with Crippen LogP contribution in [0.5, 0.6) is 5.75 Å². The van der Waals surface area contributed by atoms with Crippen molar-refractivity contribution < 1.29 is 33.7 Å². The Kier molecular flexibility index (Phi) is 11.7. The van der Waals surface area contributed by atoms with Gasteiger partial charge < -0.3 is 39.5 Å². The molecular weight excluding hydrogens is 739 g/mol. The van der Waals surface area contributed by atoms with Crippen LogP contribution in [-0.4, -0.2) is 92.9 Å². The van der Waals surface area contributed by atoms with E-state index in [-0.39, 0.29) is 35.7 Å². The zero-order chi connectivity index (χ0) is 41.4. The molecule has 308 valence electrons. The van der Waals surface area contributed by atoms with Crippen LogP contribution in [0, 0.1) is 23.7 Å². The number of alkyl carbamates (subject to hydrolysis) is 1. The first-order chi connectivity index (χ1) is 27.8. The van der Waals surface area contributed by atoms with Gasteiger partial charge in [0.15, 0.2) is 0 Å². The molecule has 0 saturated carbocycles. The van der Waals surface area contributed by atoms with Crippen LogP contribution in [0.4, 0.5) is 9.59 Å². The van der Waals surface area contributed by atoms with Crippen molar-refractivity contribution in [2.45, 2.75) is 79.1 Å². The maximum Gasteiger partial charge on any atom is 0.407 e. The molecule has 0 spiro atoms. The molecule has 14 heteroatoms. The van der Waals surface area contributed by atoms with Gasteiger partial charge in [-0.2, -0.15) is 0 Å². The number of hydrogen-bond acceptors (Lipinski definition) is 8. The summed E-state index contributed by atoms with van der Waals surface area (Å²) in [6.45, 7) is 14.2. The van der Waals surface area contributed by atoms with Crippen LogP contribution >= 0.6 is 0 Å². The highest BCUT2D eigenvalue weighted by Gasteiger charge is 2.42. The molecule has 8 rings (SSSR count). The molecule has 14 nitrogen and oxygen atoms in total. The van der Waals surface area contributed by atoms with Gasteiger partial charge in [0, 0.05) is 37.1 Å². The molecule has 5 atom stereocenters. The minimum Gasteiger partial charge on any atom is -0.488 e. The lowest BCUT2D eigenvalue weighted by molar-refractivity contribution is -0.135. The van der Waals surface area contributed by atoms with Crippen molar-refractivity contribution in [3.05, 3.63) is 65.9 Å². The zero-order valence-electron chi connectivity index (χ0n) is 34.6. The van der Waals surface area contributed by atoms with Crippen LogP contribution in [0.2, 0.25) is 0 Å². The minimum absolute atomic E-state index is 0.106. The van der Waals surface area contributed by atoms with E-state index < -0.39 is 18.2 Å². The van der Waals surface area contributed by atoms with E-state index in [1.807, 2.05) is 30.9 Å². The minimum atomic E-state index is -0.928. The summed E-state index contributed by atoms with van der Waals surface area (Å²) in [7, 11) is 2.95. The number of imidazole rings is 2. The van der Waals surface area contributed by atoms with Crippen molar-refractivity contribution in [1.82, 2.24) is 35.1 Å². The van der Waals surface area contributed by atoms with E-state index in [1.165, 1.54) is 12.0 Å². The molecular formula is C44H55N7O7. The van der Waals surface area contributed by atoms with Gasteiger partial charge in [-0.1, -0.05) is 59.7 Å². The van der Waals surface area contributed by atoms with E-state index in [4.69, 9.17) is 19.2 Å². The molecule has 3 amide bonds. The van der Waals surface area contributed by atoms with E-state index in [2.05, 4.69) is 78.3 Å². The Morgan fingerprint density at radius 3 is 2.41 bits per heavy atom. The third kappa shape index (κ3) is 8.07. The molecule has 0 aliphatic carbocycles. The number of ether oxygens (including phenoxy) is 3. The quantitative estimate of drug-likeness (QED) is 0.120. The van der Waals surface area contributed by atoms with E-state index in [1.54, 1.807) is 13.3 Å².